The van der Waals surface area contributed by atoms with Crippen LogP contribution in [0.25, 0.3) is 11.4 Å². The molecule has 180 valence electrons. The van der Waals surface area contributed by atoms with Crippen LogP contribution in [-0.2, 0) is 17.1 Å². The van der Waals surface area contributed by atoms with Gasteiger partial charge in [0.05, 0.1) is 6.54 Å². The highest BCUT2D eigenvalue weighted by Gasteiger charge is 2.25. The number of hydrogen-bond donors (Lipinski definition) is 1. The lowest BCUT2D eigenvalue weighted by atomic mass is 9.96. The van der Waals surface area contributed by atoms with Gasteiger partial charge in [-0.25, -0.2) is 0 Å². The maximum Gasteiger partial charge on any atom is 0.241 e. The third kappa shape index (κ3) is 7.17. The highest BCUT2D eigenvalue weighted by Crippen LogP contribution is 2.23. The van der Waals surface area contributed by atoms with Crippen LogP contribution in [0.3, 0.4) is 0 Å². The number of nitrogens with zero attached hydrogens (tertiary/aromatic N) is 3. The first kappa shape index (κ1) is 24.9. The molecule has 1 N–H and O–H groups in total. The lowest BCUT2D eigenvalue weighted by Crippen LogP contribution is -2.40. The van der Waals surface area contributed by atoms with E-state index in [9.17, 15) is 4.79 Å². The van der Waals surface area contributed by atoms with E-state index < -0.39 is 0 Å². The summed E-state index contributed by atoms with van der Waals surface area (Å²) in [6.45, 7) is 5.25. The number of rotatable bonds is 10. The number of amides is 1. The van der Waals surface area contributed by atoms with Gasteiger partial charge < -0.3 is 9.84 Å². The average Bonchev–Trinajstić information content (AvgIpc) is 3.31. The van der Waals surface area contributed by atoms with Crippen LogP contribution in [0.4, 0.5) is 0 Å². The normalized spacial score (nSPS) is 14.9. The predicted molar refractivity (Wildman–Crippen MR) is 140 cm³/mol. The van der Waals surface area contributed by atoms with Crippen LogP contribution >= 0.6 is 27.7 Å². The van der Waals surface area contributed by atoms with E-state index in [1.807, 2.05) is 36.0 Å². The van der Waals surface area contributed by atoms with E-state index in [2.05, 4.69) is 67.5 Å². The van der Waals surface area contributed by atoms with Gasteiger partial charge in [-0.15, -0.1) is 0 Å². The fraction of sp³-hybridized carbons (Fsp3) is 0.423. The van der Waals surface area contributed by atoms with Crippen molar-refractivity contribution in [3.05, 3.63) is 70.0 Å². The zero-order valence-corrected chi connectivity index (χ0v) is 21.9. The molecule has 1 aromatic heterocycles. The molecule has 2 heterocycles. The van der Waals surface area contributed by atoms with Crippen molar-refractivity contribution < 1.29 is 9.32 Å². The highest BCUT2D eigenvalue weighted by atomic mass is 79.9. The molecule has 1 aliphatic heterocycles. The topological polar surface area (TPSA) is 71.3 Å². The molecule has 6 nitrogen and oxygen atoms in total. The van der Waals surface area contributed by atoms with Gasteiger partial charge in [0.15, 0.2) is 0 Å². The third-order valence-corrected chi connectivity index (χ3v) is 7.74. The van der Waals surface area contributed by atoms with E-state index in [1.54, 1.807) is 0 Å². The number of likely N-dealkylation sites (tertiary alicyclic amines) is 1. The van der Waals surface area contributed by atoms with Gasteiger partial charge in [-0.05, 0) is 68.3 Å². The molecule has 34 heavy (non-hydrogen) atoms. The molecule has 0 saturated carbocycles. The SMILES string of the molecule is Cc1ccccc1CSCCCNC(=O)C1CCN(Cc2nc(-c3cccc(Br)c3)no2)CC1. The van der Waals surface area contributed by atoms with Crippen LogP contribution in [0.5, 0.6) is 0 Å². The molecule has 1 fully saturated rings. The summed E-state index contributed by atoms with van der Waals surface area (Å²) in [6.07, 6.45) is 2.72. The molecule has 0 aliphatic carbocycles. The fourth-order valence-electron chi connectivity index (χ4n) is 4.09. The monoisotopic (exact) mass is 542 g/mol. The molecule has 1 saturated heterocycles. The van der Waals surface area contributed by atoms with E-state index in [0.29, 0.717) is 18.3 Å². The molecular formula is C26H31BrN4O2S. The Morgan fingerprint density at radius 3 is 2.82 bits per heavy atom. The molecule has 4 rings (SSSR count). The molecule has 0 radical (unpaired) electrons. The Bertz CT molecular complexity index is 1080. The summed E-state index contributed by atoms with van der Waals surface area (Å²) in [5.74, 6) is 3.58. The second-order valence-electron chi connectivity index (χ2n) is 8.70. The lowest BCUT2D eigenvalue weighted by Gasteiger charge is -2.30. The van der Waals surface area contributed by atoms with Gasteiger partial charge >= 0.3 is 0 Å². The molecule has 0 spiro atoms. The Morgan fingerprint density at radius 2 is 2.03 bits per heavy atom. The summed E-state index contributed by atoms with van der Waals surface area (Å²) >= 11 is 5.40. The molecule has 1 aliphatic rings. The van der Waals surface area contributed by atoms with Crippen molar-refractivity contribution in [1.82, 2.24) is 20.4 Å². The molecule has 1 amide bonds. The van der Waals surface area contributed by atoms with Gasteiger partial charge in [-0.1, -0.05) is 57.5 Å². The number of aryl methyl sites for hydroxylation is 1. The zero-order chi connectivity index (χ0) is 23.8. The van der Waals surface area contributed by atoms with E-state index in [0.717, 1.165) is 60.4 Å². The number of benzene rings is 2. The third-order valence-electron chi connectivity index (χ3n) is 6.15. The Morgan fingerprint density at radius 1 is 1.21 bits per heavy atom. The minimum absolute atomic E-state index is 0.0933. The van der Waals surface area contributed by atoms with Crippen molar-refractivity contribution in [2.24, 2.45) is 5.92 Å². The maximum atomic E-state index is 12.6. The van der Waals surface area contributed by atoms with Crippen molar-refractivity contribution in [2.75, 3.05) is 25.4 Å². The summed E-state index contributed by atoms with van der Waals surface area (Å²) in [7, 11) is 0. The van der Waals surface area contributed by atoms with Gasteiger partial charge in [-0.3, -0.25) is 9.69 Å². The number of carbonyl (C=O) groups excluding carboxylic acids is 1. The highest BCUT2D eigenvalue weighted by molar-refractivity contribution is 9.10. The van der Waals surface area contributed by atoms with Gasteiger partial charge in [0.1, 0.15) is 0 Å². The number of piperidine rings is 1. The smallest absolute Gasteiger partial charge is 0.241 e. The first-order valence-corrected chi connectivity index (χ1v) is 13.7. The second-order valence-corrected chi connectivity index (χ2v) is 10.7. The summed E-state index contributed by atoms with van der Waals surface area (Å²) in [5.41, 5.74) is 3.67. The number of nitrogens with one attached hydrogen (secondary N) is 1. The minimum Gasteiger partial charge on any atom is -0.356 e. The Hall–Kier alpha value is -2.16. The van der Waals surface area contributed by atoms with Crippen LogP contribution in [0.2, 0.25) is 0 Å². The number of hydrogen-bond acceptors (Lipinski definition) is 6. The summed E-state index contributed by atoms with van der Waals surface area (Å²) in [6, 6.07) is 16.4. The molecule has 0 bridgehead atoms. The number of carbonyl (C=O) groups is 1. The fourth-order valence-corrected chi connectivity index (χ4v) is 5.53. The van der Waals surface area contributed by atoms with Crippen LogP contribution in [0, 0.1) is 12.8 Å². The number of thioether (sulfide) groups is 1. The number of aromatic nitrogens is 2. The first-order valence-electron chi connectivity index (χ1n) is 11.8. The molecule has 8 heteroatoms. The van der Waals surface area contributed by atoms with Gasteiger partial charge in [0, 0.05) is 28.3 Å². The van der Waals surface area contributed by atoms with Crippen LogP contribution in [0.15, 0.2) is 57.5 Å². The Kier molecular flexibility index (Phi) is 9.18. The van der Waals surface area contributed by atoms with Crippen LogP contribution < -0.4 is 5.32 Å². The Labute approximate surface area is 214 Å². The van der Waals surface area contributed by atoms with Gasteiger partial charge in [0.25, 0.3) is 0 Å². The van der Waals surface area contributed by atoms with Crippen LogP contribution in [0.1, 0.15) is 36.3 Å². The van der Waals surface area contributed by atoms with Crippen molar-refractivity contribution in [1.29, 1.82) is 0 Å². The molecule has 0 unspecified atom stereocenters. The number of halogens is 1. The largest absolute Gasteiger partial charge is 0.356 e. The first-order chi connectivity index (χ1) is 16.6. The molecule has 0 atom stereocenters. The van der Waals surface area contributed by atoms with Gasteiger partial charge in [-0.2, -0.15) is 16.7 Å². The van der Waals surface area contributed by atoms with Gasteiger partial charge in [0.2, 0.25) is 17.6 Å². The standard InChI is InChI=1S/C26H31BrN4O2S/c1-19-6-2-3-7-22(19)18-34-15-5-12-28-26(32)20-10-13-31(14-11-20)17-24-29-25(30-33-24)21-8-4-9-23(27)16-21/h2-4,6-9,16,20H,5,10-15,17-18H2,1H3,(H,28,32). The van der Waals surface area contributed by atoms with E-state index in [4.69, 9.17) is 4.52 Å². The van der Waals surface area contributed by atoms with Crippen LogP contribution in [-0.4, -0.2) is 46.3 Å². The lowest BCUT2D eigenvalue weighted by molar-refractivity contribution is -0.126. The average molecular weight is 544 g/mol. The molecule has 2 aromatic carbocycles. The van der Waals surface area contributed by atoms with E-state index >= 15 is 0 Å². The molecule has 3 aromatic rings. The predicted octanol–water partition coefficient (Wildman–Crippen LogP) is 5.46. The van der Waals surface area contributed by atoms with Crippen molar-refractivity contribution in [3.63, 3.8) is 0 Å². The summed E-state index contributed by atoms with van der Waals surface area (Å²) in [5, 5.41) is 7.25. The maximum absolute atomic E-state index is 12.6. The molecular weight excluding hydrogens is 512 g/mol. The van der Waals surface area contributed by atoms with E-state index in [-0.39, 0.29) is 11.8 Å². The Balaban J connectivity index is 1.12. The summed E-state index contributed by atoms with van der Waals surface area (Å²) in [4.78, 5) is 19.4. The van der Waals surface area contributed by atoms with E-state index in [1.165, 1.54) is 11.1 Å². The van der Waals surface area contributed by atoms with Crippen molar-refractivity contribution in [2.45, 2.75) is 38.5 Å². The van der Waals surface area contributed by atoms with Crippen molar-refractivity contribution >= 4 is 33.6 Å². The quantitative estimate of drug-likeness (QED) is 0.343. The second kappa shape index (κ2) is 12.5. The van der Waals surface area contributed by atoms with Crippen molar-refractivity contribution in [3.8, 4) is 11.4 Å². The summed E-state index contributed by atoms with van der Waals surface area (Å²) < 4.78 is 6.44. The zero-order valence-electron chi connectivity index (χ0n) is 19.5. The minimum atomic E-state index is 0.0933.